The number of carbonyl (C=O) groups is 5. The minimum atomic E-state index is -1.03. The Hall–Kier alpha value is -6.97. The van der Waals surface area contributed by atoms with Crippen molar-refractivity contribution in [3.05, 3.63) is 141 Å². The molecule has 0 saturated carbocycles. The van der Waals surface area contributed by atoms with Gasteiger partial charge in [0, 0.05) is 29.7 Å². The van der Waals surface area contributed by atoms with Gasteiger partial charge in [-0.05, 0) is 72.2 Å². The number of allylic oxidation sites excluding steroid dienone is 2. The van der Waals surface area contributed by atoms with E-state index in [2.05, 4.69) is 5.32 Å². The van der Waals surface area contributed by atoms with E-state index in [1.54, 1.807) is 41.3 Å². The van der Waals surface area contributed by atoms with Crippen molar-refractivity contribution in [1.29, 1.82) is 0 Å². The maximum absolute atomic E-state index is 13.5. The van der Waals surface area contributed by atoms with Gasteiger partial charge in [0.1, 0.15) is 30.8 Å². The van der Waals surface area contributed by atoms with Crippen LogP contribution in [0.15, 0.2) is 103 Å². The summed E-state index contributed by atoms with van der Waals surface area (Å²) in [7, 11) is 0. The number of non-ortho nitro benzene ring substituents is 1. The molecule has 5 amide bonds. The van der Waals surface area contributed by atoms with Crippen LogP contribution in [0, 0.1) is 10.1 Å². The molecule has 1 fully saturated rings. The molecule has 296 valence electrons. The van der Waals surface area contributed by atoms with Crippen LogP contribution in [0.5, 0.6) is 11.5 Å². The van der Waals surface area contributed by atoms with Crippen LogP contribution in [0.25, 0.3) is 11.6 Å². The normalized spacial score (nSPS) is 16.9. The summed E-state index contributed by atoms with van der Waals surface area (Å²) in [6.07, 6.45) is 5.46. The monoisotopic (exact) mass is 786 g/mol. The summed E-state index contributed by atoms with van der Waals surface area (Å²) < 4.78 is 22.7. The first-order valence-electron chi connectivity index (χ1n) is 18.6. The number of hydrogen-bond donors (Lipinski definition) is 1. The summed E-state index contributed by atoms with van der Waals surface area (Å²) in [5.74, 6) is -1.37. The number of nitrogens with zero attached hydrogens (tertiary/aromatic N) is 3. The zero-order valence-electron chi connectivity index (χ0n) is 31.2. The lowest BCUT2D eigenvalue weighted by Crippen LogP contribution is -2.54. The van der Waals surface area contributed by atoms with E-state index in [-0.39, 0.29) is 48.8 Å². The van der Waals surface area contributed by atoms with Gasteiger partial charge in [-0.15, -0.1) is 0 Å². The number of nitro groups is 1. The fourth-order valence-corrected chi connectivity index (χ4v) is 6.76. The first-order valence-corrected chi connectivity index (χ1v) is 18.6. The van der Waals surface area contributed by atoms with Crippen LogP contribution in [0.2, 0.25) is 0 Å². The number of fused-ring (bicyclic) bond motifs is 2. The third kappa shape index (κ3) is 8.85. The van der Waals surface area contributed by atoms with Crippen LogP contribution in [0.4, 0.5) is 11.4 Å². The van der Waals surface area contributed by atoms with Gasteiger partial charge >= 0.3 is 0 Å². The first-order chi connectivity index (χ1) is 28.2. The van der Waals surface area contributed by atoms with Gasteiger partial charge in [0.25, 0.3) is 23.4 Å². The molecular formula is C43H38N4O11. The lowest BCUT2D eigenvalue weighted by molar-refractivity contribution is -0.384. The van der Waals surface area contributed by atoms with Crippen LogP contribution in [0.1, 0.15) is 50.2 Å². The average molecular weight is 787 g/mol. The number of nitro benzene ring substituents is 1. The molecular weight excluding hydrogens is 748 g/mol. The molecule has 15 nitrogen and oxygen atoms in total. The van der Waals surface area contributed by atoms with E-state index < -0.39 is 34.6 Å². The highest BCUT2D eigenvalue weighted by molar-refractivity contribution is 6.32. The molecule has 0 bridgehead atoms. The number of anilines is 1. The molecule has 0 aliphatic carbocycles. The number of imide groups is 2. The van der Waals surface area contributed by atoms with Crippen molar-refractivity contribution in [3.63, 3.8) is 0 Å². The number of rotatable bonds is 17. The number of nitrogens with one attached hydrogen (secondary N) is 1. The summed E-state index contributed by atoms with van der Waals surface area (Å²) >= 11 is 0. The zero-order chi connectivity index (χ0) is 40.6. The maximum Gasteiger partial charge on any atom is 0.269 e. The second-order valence-electron chi connectivity index (χ2n) is 13.4. The average Bonchev–Trinajstić information content (AvgIpc) is 3.63. The van der Waals surface area contributed by atoms with Crippen molar-refractivity contribution in [1.82, 2.24) is 10.2 Å². The highest BCUT2D eigenvalue weighted by atomic mass is 16.6. The topological polar surface area (TPSA) is 184 Å². The van der Waals surface area contributed by atoms with E-state index in [4.69, 9.17) is 18.9 Å². The van der Waals surface area contributed by atoms with E-state index in [1.165, 1.54) is 24.3 Å². The van der Waals surface area contributed by atoms with Crippen LogP contribution >= 0.6 is 0 Å². The third-order valence-corrected chi connectivity index (χ3v) is 9.66. The van der Waals surface area contributed by atoms with E-state index >= 15 is 0 Å². The maximum atomic E-state index is 13.5. The van der Waals surface area contributed by atoms with Gasteiger partial charge in [-0.2, -0.15) is 0 Å². The van der Waals surface area contributed by atoms with Crippen molar-refractivity contribution in [2.24, 2.45) is 0 Å². The van der Waals surface area contributed by atoms with E-state index in [1.807, 2.05) is 48.5 Å². The van der Waals surface area contributed by atoms with Gasteiger partial charge in [-0.3, -0.25) is 44.3 Å². The largest absolute Gasteiger partial charge is 0.491 e. The van der Waals surface area contributed by atoms with Gasteiger partial charge in [-0.25, -0.2) is 0 Å². The minimum absolute atomic E-state index is 0.0152. The Kier molecular flexibility index (Phi) is 12.1. The Bertz CT molecular complexity index is 2300. The molecule has 58 heavy (non-hydrogen) atoms. The van der Waals surface area contributed by atoms with E-state index in [9.17, 15) is 34.1 Å². The van der Waals surface area contributed by atoms with Crippen molar-refractivity contribution in [3.8, 4) is 11.5 Å². The number of para-hydroxylation sites is 1. The molecule has 7 rings (SSSR count). The quantitative estimate of drug-likeness (QED) is 0.0492. The molecule has 1 atom stereocenters. The third-order valence-electron chi connectivity index (χ3n) is 9.66. The zero-order valence-corrected chi connectivity index (χ0v) is 31.2. The van der Waals surface area contributed by atoms with E-state index in [0.29, 0.717) is 50.0 Å². The first kappa shape index (κ1) is 39.3. The number of ether oxygens (including phenoxy) is 4. The Morgan fingerprint density at radius 3 is 2.09 bits per heavy atom. The van der Waals surface area contributed by atoms with Crippen molar-refractivity contribution < 1.29 is 47.8 Å². The Morgan fingerprint density at radius 1 is 0.724 bits per heavy atom. The molecule has 4 aromatic rings. The van der Waals surface area contributed by atoms with Gasteiger partial charge in [0.05, 0.1) is 54.7 Å². The predicted octanol–water partition coefficient (Wildman–Crippen LogP) is 5.13. The Morgan fingerprint density at radius 2 is 1.38 bits per heavy atom. The Labute approximate surface area is 332 Å². The molecule has 1 saturated heterocycles. The van der Waals surface area contributed by atoms with Crippen LogP contribution < -0.4 is 19.7 Å². The van der Waals surface area contributed by atoms with Gasteiger partial charge in [0.2, 0.25) is 11.8 Å². The molecule has 1 N–H and O–H groups in total. The van der Waals surface area contributed by atoms with Crippen molar-refractivity contribution >= 4 is 52.6 Å². The Balaban J connectivity index is 0.791. The molecule has 3 heterocycles. The lowest BCUT2D eigenvalue weighted by Gasteiger charge is -2.27. The molecule has 0 radical (unpaired) electrons. The number of piperidine rings is 1. The fraction of sp³-hybridized carbons (Fsp3) is 0.233. The van der Waals surface area contributed by atoms with Crippen LogP contribution in [0.3, 0.4) is 0 Å². The molecule has 3 aliphatic rings. The molecule has 1 unspecified atom stereocenters. The molecule has 0 spiro atoms. The van der Waals surface area contributed by atoms with Crippen LogP contribution in [-0.4, -0.2) is 85.0 Å². The second kappa shape index (κ2) is 17.9. The number of benzene rings is 4. The minimum Gasteiger partial charge on any atom is -0.491 e. The van der Waals surface area contributed by atoms with E-state index in [0.717, 1.165) is 27.3 Å². The summed E-state index contributed by atoms with van der Waals surface area (Å²) in [6.45, 7) is 2.13. The lowest BCUT2D eigenvalue weighted by atomic mass is 10.0. The second-order valence-corrected chi connectivity index (χ2v) is 13.4. The SMILES string of the molecule is O=C1CCC(N2C(=O)c3ccc(OCCOCCOCCOc4ccc(CN5C(=O)C(=C/C=C/c6ccc([N+](=O)[O-])cc6)c6ccccc65)cc4)cc3C2=O)C(=O)N1. The standard InChI is InChI=1S/C43H38N4O11/c48-39-19-18-38(40(49)44-39)46-42(51)35-17-16-32(26-36(35)43(46)52)58-25-23-56-21-20-55-22-24-57-31-14-10-29(11-15-31)27-45-37-7-2-1-5-33(37)34(41(45)50)6-3-4-28-8-12-30(13-9-28)47(53)54/h1-17,26,38H,18-25,27H2,(H,44,48,49)/b4-3+,34-6?. The summed E-state index contributed by atoms with van der Waals surface area (Å²) in [6, 6.07) is 24.8. The van der Waals surface area contributed by atoms with Crippen molar-refractivity contribution in [2.45, 2.75) is 25.4 Å². The highest BCUT2D eigenvalue weighted by Gasteiger charge is 2.44. The number of hydrogen-bond acceptors (Lipinski definition) is 11. The highest BCUT2D eigenvalue weighted by Crippen LogP contribution is 2.38. The van der Waals surface area contributed by atoms with Gasteiger partial charge in [-0.1, -0.05) is 42.5 Å². The molecule has 4 aromatic carbocycles. The number of carbonyl (C=O) groups excluding carboxylic acids is 5. The predicted molar refractivity (Wildman–Crippen MR) is 210 cm³/mol. The smallest absolute Gasteiger partial charge is 0.269 e. The molecule has 0 aromatic heterocycles. The van der Waals surface area contributed by atoms with Gasteiger partial charge in [0.15, 0.2) is 0 Å². The number of amides is 5. The fourth-order valence-electron chi connectivity index (χ4n) is 6.76. The molecule has 15 heteroatoms. The summed E-state index contributed by atoms with van der Waals surface area (Å²) in [4.78, 5) is 76.3. The molecule has 3 aliphatic heterocycles. The summed E-state index contributed by atoms with van der Waals surface area (Å²) in [5, 5.41) is 13.1. The van der Waals surface area contributed by atoms with Crippen molar-refractivity contribution in [2.75, 3.05) is 44.5 Å². The van der Waals surface area contributed by atoms with Crippen LogP contribution in [-0.2, 0) is 30.4 Å². The summed E-state index contributed by atoms with van der Waals surface area (Å²) in [5.41, 5.74) is 4.24. The van der Waals surface area contributed by atoms with Gasteiger partial charge < -0.3 is 23.8 Å².